The van der Waals surface area contributed by atoms with E-state index in [0.717, 1.165) is 0 Å². The highest BCUT2D eigenvalue weighted by molar-refractivity contribution is 8.01. The minimum atomic E-state index is -2.77. The van der Waals surface area contributed by atoms with Crippen LogP contribution in [0.15, 0.2) is 47.6 Å². The molecular formula is C45H12F24S3. The van der Waals surface area contributed by atoms with Gasteiger partial charge >= 0.3 is 0 Å². The van der Waals surface area contributed by atoms with E-state index >= 15 is 52.7 Å². The van der Waals surface area contributed by atoms with Gasteiger partial charge in [-0.1, -0.05) is 35.3 Å². The summed E-state index contributed by atoms with van der Waals surface area (Å²) >= 11 is -1.77. The normalized spacial score (nSPS) is 11.7. The molecule has 7 rings (SSSR count). The third-order valence-corrected chi connectivity index (χ3v) is 13.5. The Morgan fingerprint density at radius 2 is 0.319 bits per heavy atom. The second-order valence-electron chi connectivity index (χ2n) is 14.6. The molecule has 7 aromatic carbocycles. The highest BCUT2D eigenvalue weighted by Crippen LogP contribution is 2.49. The molecule has 0 aliphatic heterocycles. The van der Waals surface area contributed by atoms with Crippen LogP contribution in [0.2, 0.25) is 0 Å². The molecule has 378 valence electrons. The summed E-state index contributed by atoms with van der Waals surface area (Å²) in [6.07, 6.45) is 0. The summed E-state index contributed by atoms with van der Waals surface area (Å²) in [4.78, 5) is -8.92. The van der Waals surface area contributed by atoms with Gasteiger partial charge in [0, 0.05) is 31.4 Å². The summed E-state index contributed by atoms with van der Waals surface area (Å²) in [6, 6.07) is 1.17. The largest absolute Gasteiger partial charge is 0.203 e. The molecule has 0 aliphatic carbocycles. The molecule has 0 radical (unpaired) electrons. The minimum Gasteiger partial charge on any atom is -0.203 e. The van der Waals surface area contributed by atoms with Gasteiger partial charge in [0.15, 0.2) is 140 Å². The molecule has 0 amide bonds. The maximum Gasteiger partial charge on any atom is 0.176 e. The van der Waals surface area contributed by atoms with Crippen molar-refractivity contribution in [1.29, 1.82) is 0 Å². The summed E-state index contributed by atoms with van der Waals surface area (Å²) in [6.45, 7) is 1.37. The summed E-state index contributed by atoms with van der Waals surface area (Å²) in [7, 11) is 0. The van der Waals surface area contributed by atoms with Gasteiger partial charge in [0.2, 0.25) is 0 Å². The fourth-order valence-electron chi connectivity index (χ4n) is 6.72. The zero-order chi connectivity index (χ0) is 53.8. The molecule has 0 nitrogen and oxygen atoms in total. The van der Waals surface area contributed by atoms with E-state index < -0.39 is 254 Å². The Hall–Kier alpha value is -6.09. The molecular weight excluding hydrogens is 1090 g/mol. The lowest BCUT2D eigenvalue weighted by atomic mass is 9.99. The maximum absolute atomic E-state index is 15.7. The van der Waals surface area contributed by atoms with E-state index in [1.807, 2.05) is 0 Å². The predicted molar refractivity (Wildman–Crippen MR) is 208 cm³/mol. The predicted octanol–water partition coefficient (Wildman–Crippen LogP) is 17.4. The van der Waals surface area contributed by atoms with Crippen molar-refractivity contribution in [2.75, 3.05) is 0 Å². The monoisotopic (exact) mass is 1100 g/mol. The summed E-state index contributed by atoms with van der Waals surface area (Å²) < 4.78 is 362. The van der Waals surface area contributed by atoms with Crippen LogP contribution in [0.3, 0.4) is 0 Å². The lowest BCUT2D eigenvalue weighted by Gasteiger charge is -2.17. The highest BCUT2D eigenvalue weighted by Gasteiger charge is 2.38. The van der Waals surface area contributed by atoms with E-state index in [2.05, 4.69) is 0 Å². The molecule has 0 fully saturated rings. The number of benzene rings is 7. The average Bonchev–Trinajstić information content (AvgIpc) is 3.35. The van der Waals surface area contributed by atoms with Gasteiger partial charge < -0.3 is 0 Å². The molecule has 72 heavy (non-hydrogen) atoms. The van der Waals surface area contributed by atoms with Gasteiger partial charge in [0.1, 0.15) is 0 Å². The van der Waals surface area contributed by atoms with Crippen LogP contribution in [0.25, 0.3) is 33.4 Å². The van der Waals surface area contributed by atoms with Crippen LogP contribution in [-0.4, -0.2) is 0 Å². The Morgan fingerprint density at radius 1 is 0.194 bits per heavy atom. The molecule has 7 aromatic rings. The molecule has 0 heterocycles. The van der Waals surface area contributed by atoms with E-state index in [1.54, 1.807) is 0 Å². The quantitative estimate of drug-likeness (QED) is 0.104. The van der Waals surface area contributed by atoms with Crippen molar-refractivity contribution >= 4 is 35.3 Å². The molecule has 0 aliphatic rings. The molecule has 0 N–H and O–H groups in total. The Morgan fingerprint density at radius 3 is 0.458 bits per heavy atom. The lowest BCUT2D eigenvalue weighted by molar-refractivity contribution is 0.421. The molecule has 0 saturated carbocycles. The first kappa shape index (κ1) is 53.7. The fraction of sp³-hybridized carbons (Fsp3) is 0.0667. The minimum absolute atomic E-state index is 0.391. The zero-order valence-corrected chi connectivity index (χ0v) is 37.0. The average molecular weight is 1100 g/mol. The molecule has 0 bridgehead atoms. The number of rotatable bonds is 9. The van der Waals surface area contributed by atoms with E-state index in [9.17, 15) is 52.7 Å². The molecule has 0 spiro atoms. The van der Waals surface area contributed by atoms with E-state index in [1.165, 1.54) is 0 Å². The molecule has 0 saturated heterocycles. The highest BCUT2D eigenvalue weighted by atomic mass is 32.2. The van der Waals surface area contributed by atoms with Crippen LogP contribution in [0, 0.1) is 160 Å². The SMILES string of the molecule is Cc1c(F)c(F)c(-c2c(F)c(F)c(Sc3cc(Sc4c(F)c(F)c(-c5c(F)c(F)c(C)c(F)c5F)c(F)c4F)cc(Sc4c(F)c(F)c(-c5c(F)c(F)c(C)c(F)c5F)c(F)c4F)c3)c(F)c2F)c(F)c1F. The van der Waals surface area contributed by atoms with Gasteiger partial charge in [-0.15, -0.1) is 0 Å². The first-order valence-electron chi connectivity index (χ1n) is 18.7. The van der Waals surface area contributed by atoms with Crippen LogP contribution in [0.4, 0.5) is 105 Å². The molecule has 27 heteroatoms. The van der Waals surface area contributed by atoms with Crippen molar-refractivity contribution in [2.24, 2.45) is 0 Å². The van der Waals surface area contributed by atoms with Crippen LogP contribution >= 0.6 is 35.3 Å². The Labute approximate surface area is 397 Å². The van der Waals surface area contributed by atoms with Gasteiger partial charge in [-0.3, -0.25) is 0 Å². The summed E-state index contributed by atoms with van der Waals surface area (Å²) in [5, 5.41) is 0. The van der Waals surface area contributed by atoms with Gasteiger partial charge in [-0.2, -0.15) is 0 Å². The standard InChI is InChI=1S/C45H12F24S3/c1-7-19(46)25(52)13(26(53)20(7)47)16-31(58)37(64)43(38(65)32(16)59)70-10-4-11(71-44-39(66)33(60)17(34(61)40(44)67)14-27(54)21(48)8(2)22(49)28(14)55)6-12(5-10)72-45-41(68)35(62)18(36(63)42(45)69)15-29(56)23(50)9(3)24(51)30(15)57/h4-6H,1-3H3. The maximum atomic E-state index is 15.7. The van der Waals surface area contributed by atoms with E-state index in [0.29, 0.717) is 39.0 Å². The van der Waals surface area contributed by atoms with Crippen molar-refractivity contribution in [1.82, 2.24) is 0 Å². The second-order valence-corrected chi connectivity index (χ2v) is 17.8. The lowest BCUT2D eigenvalue weighted by Crippen LogP contribution is -2.09. The topological polar surface area (TPSA) is 0 Å². The van der Waals surface area contributed by atoms with Crippen molar-refractivity contribution in [3.63, 3.8) is 0 Å². The second kappa shape index (κ2) is 19.4. The van der Waals surface area contributed by atoms with Crippen molar-refractivity contribution in [3.05, 3.63) is 175 Å². The molecule has 0 atom stereocenters. The van der Waals surface area contributed by atoms with E-state index in [4.69, 9.17) is 0 Å². The Balaban J connectivity index is 1.43. The van der Waals surface area contributed by atoms with Crippen molar-refractivity contribution < 1.29 is 105 Å². The third kappa shape index (κ3) is 8.36. The van der Waals surface area contributed by atoms with Crippen LogP contribution in [-0.2, 0) is 0 Å². The van der Waals surface area contributed by atoms with Crippen LogP contribution < -0.4 is 0 Å². The van der Waals surface area contributed by atoms with Gasteiger partial charge in [0.25, 0.3) is 0 Å². The number of hydrogen-bond donors (Lipinski definition) is 0. The summed E-state index contributed by atoms with van der Waals surface area (Å²) in [5.41, 5.74) is -18.3. The zero-order valence-electron chi connectivity index (χ0n) is 34.5. The van der Waals surface area contributed by atoms with Gasteiger partial charge in [0.05, 0.1) is 48.1 Å². The number of halogens is 24. The Kier molecular flexibility index (Phi) is 14.5. The van der Waals surface area contributed by atoms with Gasteiger partial charge in [-0.05, 0) is 39.0 Å². The molecule has 0 unspecified atom stereocenters. The smallest absolute Gasteiger partial charge is 0.176 e. The van der Waals surface area contributed by atoms with Crippen molar-refractivity contribution in [2.45, 2.75) is 50.1 Å². The van der Waals surface area contributed by atoms with Crippen LogP contribution in [0.1, 0.15) is 16.7 Å². The number of hydrogen-bond acceptors (Lipinski definition) is 3. The Bertz CT molecular complexity index is 2990. The third-order valence-electron chi connectivity index (χ3n) is 10.4. The van der Waals surface area contributed by atoms with E-state index in [-0.39, 0.29) is 0 Å². The molecule has 0 aromatic heterocycles. The summed E-state index contributed by atoms with van der Waals surface area (Å²) in [5.74, 6) is -61.6. The van der Waals surface area contributed by atoms with Crippen LogP contribution in [0.5, 0.6) is 0 Å². The van der Waals surface area contributed by atoms with Gasteiger partial charge in [-0.25, -0.2) is 105 Å². The fourth-order valence-corrected chi connectivity index (χ4v) is 9.84. The van der Waals surface area contributed by atoms with Crippen molar-refractivity contribution in [3.8, 4) is 33.4 Å². The first-order valence-corrected chi connectivity index (χ1v) is 21.2. The first-order chi connectivity index (χ1) is 33.5.